The summed E-state index contributed by atoms with van der Waals surface area (Å²) in [7, 11) is 0. The molecule has 6 nitrogen and oxygen atoms in total. The summed E-state index contributed by atoms with van der Waals surface area (Å²) >= 11 is 0. The normalized spacial score (nSPS) is 19.9. The molecule has 2 N–H and O–H groups in total. The molecule has 0 aromatic heterocycles. The van der Waals surface area contributed by atoms with Crippen LogP contribution in [0.3, 0.4) is 0 Å². The third kappa shape index (κ3) is 7.70. The summed E-state index contributed by atoms with van der Waals surface area (Å²) in [4.78, 5) is 22.7. The smallest absolute Gasteiger partial charge is 0.408 e. The average Bonchev–Trinajstić information content (AvgIpc) is 2.36. The van der Waals surface area contributed by atoms with E-state index < -0.39 is 23.7 Å². The van der Waals surface area contributed by atoms with Crippen LogP contribution < -0.4 is 5.32 Å². The quantitative estimate of drug-likeness (QED) is 0.736. The number of carboxylic acids is 1. The van der Waals surface area contributed by atoms with Crippen molar-refractivity contribution in [2.75, 3.05) is 6.61 Å². The predicted octanol–water partition coefficient (Wildman–Crippen LogP) is 2.48. The minimum Gasteiger partial charge on any atom is -0.480 e. The van der Waals surface area contributed by atoms with Crippen molar-refractivity contribution in [3.05, 3.63) is 12.2 Å². The molecule has 0 spiro atoms. The van der Waals surface area contributed by atoms with Gasteiger partial charge in [0.25, 0.3) is 0 Å². The number of ether oxygens (including phenoxy) is 2. The van der Waals surface area contributed by atoms with Gasteiger partial charge >= 0.3 is 12.1 Å². The Kier molecular flexibility index (Phi) is 6.68. The fraction of sp³-hybridized carbons (Fsp3) is 0.733. The standard InChI is InChI=1S/C15H25NO5/c1-15(2,3)21-14(19)16-12(13(17)18)9-10-20-11-7-5-4-6-8-11/h5,7,11-12H,4,6,8-10H2,1-3H3,(H,16,19)(H,17,18)/t11?,12-/m0/s1. The zero-order valence-corrected chi connectivity index (χ0v) is 12.9. The summed E-state index contributed by atoms with van der Waals surface area (Å²) in [5.41, 5.74) is -0.656. The molecular formula is C15H25NO5. The molecule has 1 unspecified atom stereocenters. The highest BCUT2D eigenvalue weighted by Gasteiger charge is 2.24. The van der Waals surface area contributed by atoms with Crippen molar-refractivity contribution in [3.8, 4) is 0 Å². The lowest BCUT2D eigenvalue weighted by molar-refractivity contribution is -0.140. The van der Waals surface area contributed by atoms with Crippen LogP contribution in [0.25, 0.3) is 0 Å². The molecule has 0 heterocycles. The molecule has 0 saturated carbocycles. The van der Waals surface area contributed by atoms with E-state index in [-0.39, 0.29) is 19.1 Å². The maximum atomic E-state index is 11.6. The number of amides is 1. The molecule has 1 aliphatic carbocycles. The van der Waals surface area contributed by atoms with Crippen molar-refractivity contribution in [1.29, 1.82) is 0 Å². The highest BCUT2D eigenvalue weighted by molar-refractivity contribution is 5.79. The van der Waals surface area contributed by atoms with Crippen molar-refractivity contribution in [1.82, 2.24) is 5.32 Å². The van der Waals surface area contributed by atoms with E-state index in [1.807, 2.05) is 6.08 Å². The van der Waals surface area contributed by atoms with Crippen LogP contribution in [0.15, 0.2) is 12.2 Å². The van der Waals surface area contributed by atoms with E-state index in [9.17, 15) is 9.59 Å². The number of allylic oxidation sites excluding steroid dienone is 1. The van der Waals surface area contributed by atoms with Gasteiger partial charge in [0.05, 0.1) is 6.10 Å². The van der Waals surface area contributed by atoms with Crippen LogP contribution in [0, 0.1) is 0 Å². The summed E-state index contributed by atoms with van der Waals surface area (Å²) < 4.78 is 10.7. The van der Waals surface area contributed by atoms with Gasteiger partial charge in [-0.05, 0) is 40.0 Å². The van der Waals surface area contributed by atoms with Crippen LogP contribution in [0.5, 0.6) is 0 Å². The first-order valence-corrected chi connectivity index (χ1v) is 7.28. The molecule has 120 valence electrons. The van der Waals surface area contributed by atoms with Crippen LogP contribution in [0.4, 0.5) is 4.79 Å². The molecule has 1 rings (SSSR count). The summed E-state index contributed by atoms with van der Waals surface area (Å²) in [6.45, 7) is 5.45. The van der Waals surface area contributed by atoms with Crippen LogP contribution in [-0.4, -0.2) is 41.5 Å². The minimum atomic E-state index is -1.09. The molecule has 0 fully saturated rings. The monoisotopic (exact) mass is 299 g/mol. The molecular weight excluding hydrogens is 274 g/mol. The Hall–Kier alpha value is -1.56. The Bertz CT molecular complexity index is 386. The van der Waals surface area contributed by atoms with Gasteiger partial charge in [-0.15, -0.1) is 0 Å². The maximum Gasteiger partial charge on any atom is 0.408 e. The summed E-state index contributed by atoms with van der Waals surface area (Å²) in [6, 6.07) is -1.01. The van der Waals surface area contributed by atoms with E-state index in [0.29, 0.717) is 0 Å². The average molecular weight is 299 g/mol. The lowest BCUT2D eigenvalue weighted by Gasteiger charge is -2.22. The number of nitrogens with one attached hydrogen (secondary N) is 1. The first-order chi connectivity index (χ1) is 9.78. The Balaban J connectivity index is 2.36. The first kappa shape index (κ1) is 17.5. The van der Waals surface area contributed by atoms with Crippen molar-refractivity contribution in [3.63, 3.8) is 0 Å². The Morgan fingerprint density at radius 3 is 2.67 bits per heavy atom. The lowest BCUT2D eigenvalue weighted by atomic mass is 10.1. The van der Waals surface area contributed by atoms with E-state index in [0.717, 1.165) is 19.3 Å². The van der Waals surface area contributed by atoms with Gasteiger partial charge in [-0.25, -0.2) is 9.59 Å². The number of aliphatic carboxylic acids is 1. The fourth-order valence-electron chi connectivity index (χ4n) is 1.96. The molecule has 0 aromatic rings. The third-order valence-electron chi connectivity index (χ3n) is 2.94. The van der Waals surface area contributed by atoms with Gasteiger partial charge in [-0.3, -0.25) is 0 Å². The van der Waals surface area contributed by atoms with E-state index in [1.54, 1.807) is 20.8 Å². The zero-order chi connectivity index (χ0) is 15.9. The van der Waals surface area contributed by atoms with Gasteiger partial charge in [-0.2, -0.15) is 0 Å². The molecule has 0 radical (unpaired) electrons. The molecule has 0 aromatic carbocycles. The highest BCUT2D eigenvalue weighted by atomic mass is 16.6. The predicted molar refractivity (Wildman–Crippen MR) is 78.1 cm³/mol. The molecule has 2 atom stereocenters. The maximum absolute atomic E-state index is 11.6. The molecule has 0 saturated heterocycles. The second-order valence-electron chi connectivity index (χ2n) is 6.09. The molecule has 21 heavy (non-hydrogen) atoms. The Morgan fingerprint density at radius 1 is 1.43 bits per heavy atom. The number of alkyl carbamates (subject to hydrolysis) is 1. The molecule has 1 aliphatic rings. The molecule has 1 amide bonds. The second-order valence-corrected chi connectivity index (χ2v) is 6.09. The summed E-state index contributed by atoms with van der Waals surface area (Å²) in [5.74, 6) is -1.09. The van der Waals surface area contributed by atoms with E-state index >= 15 is 0 Å². The SMILES string of the molecule is CC(C)(C)OC(=O)N[C@@H](CCOC1C=CCCC1)C(=O)O. The molecule has 0 bridgehead atoms. The largest absolute Gasteiger partial charge is 0.480 e. The van der Waals surface area contributed by atoms with Crippen LogP contribution in [0.1, 0.15) is 46.5 Å². The number of hydrogen-bond donors (Lipinski definition) is 2. The van der Waals surface area contributed by atoms with E-state index in [4.69, 9.17) is 14.6 Å². The first-order valence-electron chi connectivity index (χ1n) is 7.28. The van der Waals surface area contributed by atoms with Crippen molar-refractivity contribution < 1.29 is 24.2 Å². The number of rotatable bonds is 6. The van der Waals surface area contributed by atoms with E-state index in [2.05, 4.69) is 11.4 Å². The number of hydrogen-bond acceptors (Lipinski definition) is 4. The highest BCUT2D eigenvalue weighted by Crippen LogP contribution is 2.14. The Morgan fingerprint density at radius 2 is 2.14 bits per heavy atom. The van der Waals surface area contributed by atoms with Gasteiger partial charge in [0, 0.05) is 13.0 Å². The van der Waals surface area contributed by atoms with Gasteiger partial charge in [0.1, 0.15) is 11.6 Å². The van der Waals surface area contributed by atoms with Gasteiger partial charge in [0.2, 0.25) is 0 Å². The topological polar surface area (TPSA) is 84.9 Å². The Labute approximate surface area is 125 Å². The number of carboxylic acid groups (broad SMARTS) is 1. The molecule has 6 heteroatoms. The zero-order valence-electron chi connectivity index (χ0n) is 12.9. The second kappa shape index (κ2) is 8.02. The number of carbonyl (C=O) groups is 2. The van der Waals surface area contributed by atoms with Gasteiger partial charge < -0.3 is 19.9 Å². The van der Waals surface area contributed by atoms with Crippen LogP contribution >= 0.6 is 0 Å². The van der Waals surface area contributed by atoms with Gasteiger partial charge in [-0.1, -0.05) is 12.2 Å². The van der Waals surface area contributed by atoms with Gasteiger partial charge in [0.15, 0.2) is 0 Å². The number of carbonyl (C=O) groups excluding carboxylic acids is 1. The lowest BCUT2D eigenvalue weighted by Crippen LogP contribution is -2.44. The van der Waals surface area contributed by atoms with Crippen molar-refractivity contribution in [2.45, 2.75) is 64.2 Å². The molecule has 0 aliphatic heterocycles. The third-order valence-corrected chi connectivity index (χ3v) is 2.94. The summed E-state index contributed by atoms with van der Waals surface area (Å²) in [6.07, 6.45) is 6.70. The summed E-state index contributed by atoms with van der Waals surface area (Å²) in [5, 5.41) is 11.5. The van der Waals surface area contributed by atoms with Crippen LogP contribution in [0.2, 0.25) is 0 Å². The van der Waals surface area contributed by atoms with E-state index in [1.165, 1.54) is 0 Å². The fourth-order valence-corrected chi connectivity index (χ4v) is 1.96. The van der Waals surface area contributed by atoms with Crippen molar-refractivity contribution in [2.24, 2.45) is 0 Å². The van der Waals surface area contributed by atoms with Crippen molar-refractivity contribution >= 4 is 12.1 Å². The van der Waals surface area contributed by atoms with Crippen LogP contribution in [-0.2, 0) is 14.3 Å². The minimum absolute atomic E-state index is 0.0507.